The first-order valence-electron chi connectivity index (χ1n) is 10.2. The maximum Gasteiger partial charge on any atom is 0.0992 e. The molecule has 0 aliphatic rings. The van der Waals surface area contributed by atoms with E-state index in [1.54, 1.807) is 24.3 Å². The SMILES string of the molecule is N#Cc1ccc(C(Cl)C(Cl)c2ccc(C(Cl)C(Cl)c3ccc(C#N)cc3N([O-])O)cc2)c(N([O-])O)c1. The van der Waals surface area contributed by atoms with Crippen LogP contribution >= 0.6 is 46.4 Å². The summed E-state index contributed by atoms with van der Waals surface area (Å²) >= 11 is 26.2. The number of benzene rings is 3. The number of anilines is 2. The van der Waals surface area contributed by atoms with Crippen LogP contribution in [-0.2, 0) is 0 Å². The first kappa shape index (κ1) is 27.8. The van der Waals surface area contributed by atoms with E-state index in [2.05, 4.69) is 0 Å². The van der Waals surface area contributed by atoms with E-state index in [0.717, 1.165) is 0 Å². The average molecular weight is 566 g/mol. The van der Waals surface area contributed by atoms with Gasteiger partial charge in [-0.2, -0.15) is 10.5 Å². The Hall–Kier alpha value is -2.76. The molecule has 3 aromatic rings. The first-order chi connectivity index (χ1) is 17.1. The van der Waals surface area contributed by atoms with Gasteiger partial charge in [0.2, 0.25) is 0 Å². The van der Waals surface area contributed by atoms with E-state index in [1.165, 1.54) is 36.4 Å². The van der Waals surface area contributed by atoms with Crippen molar-refractivity contribution in [3.63, 3.8) is 0 Å². The molecule has 12 heteroatoms. The predicted octanol–water partition coefficient (Wildman–Crippen LogP) is 7.34. The van der Waals surface area contributed by atoms with E-state index in [4.69, 9.17) is 56.9 Å². The van der Waals surface area contributed by atoms with Crippen molar-refractivity contribution in [1.29, 1.82) is 10.5 Å². The van der Waals surface area contributed by atoms with Crippen molar-refractivity contribution in [2.24, 2.45) is 0 Å². The van der Waals surface area contributed by atoms with Crippen molar-refractivity contribution in [2.45, 2.75) is 21.5 Å². The van der Waals surface area contributed by atoms with E-state index in [9.17, 15) is 20.8 Å². The van der Waals surface area contributed by atoms with Crippen LogP contribution in [0.15, 0.2) is 60.7 Å². The summed E-state index contributed by atoms with van der Waals surface area (Å²) in [7, 11) is 0. The molecule has 2 N–H and O–H groups in total. The smallest absolute Gasteiger partial charge is 0.0992 e. The number of halogens is 4. The molecular weight excluding hydrogens is 550 g/mol. The Morgan fingerprint density at radius 2 is 0.944 bits per heavy atom. The fourth-order valence-electron chi connectivity index (χ4n) is 3.54. The fraction of sp³-hybridized carbons (Fsp3) is 0.167. The van der Waals surface area contributed by atoms with Crippen LogP contribution in [0.5, 0.6) is 0 Å². The van der Waals surface area contributed by atoms with E-state index in [-0.39, 0.29) is 44.1 Å². The molecule has 0 amide bonds. The lowest BCUT2D eigenvalue weighted by Gasteiger charge is -2.28. The summed E-state index contributed by atoms with van der Waals surface area (Å²) < 4.78 is 0. The lowest BCUT2D eigenvalue weighted by atomic mass is 9.97. The predicted molar refractivity (Wildman–Crippen MR) is 138 cm³/mol. The van der Waals surface area contributed by atoms with Crippen LogP contribution < -0.4 is 10.5 Å². The molecule has 0 bridgehead atoms. The Balaban J connectivity index is 1.84. The molecule has 0 saturated carbocycles. The van der Waals surface area contributed by atoms with E-state index in [1.807, 2.05) is 12.1 Å². The highest BCUT2D eigenvalue weighted by molar-refractivity contribution is 6.31. The van der Waals surface area contributed by atoms with E-state index in [0.29, 0.717) is 11.1 Å². The Morgan fingerprint density at radius 3 is 1.22 bits per heavy atom. The highest BCUT2D eigenvalue weighted by Gasteiger charge is 2.26. The van der Waals surface area contributed by atoms with Crippen LogP contribution in [0.2, 0.25) is 0 Å². The van der Waals surface area contributed by atoms with E-state index >= 15 is 0 Å². The molecule has 0 aliphatic heterocycles. The summed E-state index contributed by atoms with van der Waals surface area (Å²) in [4.78, 5) is 0. The number of hydrogen-bond donors (Lipinski definition) is 2. The first-order valence-corrected chi connectivity index (χ1v) is 11.9. The van der Waals surface area contributed by atoms with Gasteiger partial charge in [-0.3, -0.25) is 10.4 Å². The molecule has 3 rings (SSSR count). The standard InChI is InChI=1S/C24H16Cl4N4O4/c25-21(23(27)17-7-1-13(11-29)9-19(17)31(33)34)15-3-5-16(6-4-15)22(26)24(28)18-8-2-14(12-30)10-20(18)32(35)36/h1-10,21-24,33,35H/q-2. The second kappa shape index (κ2) is 12.0. The number of rotatable bonds is 8. The molecule has 0 aliphatic carbocycles. The molecule has 186 valence electrons. The molecular formula is C24H16Cl4N4O4-2. The van der Waals surface area contributed by atoms with Gasteiger partial charge >= 0.3 is 0 Å². The van der Waals surface area contributed by atoms with Crippen molar-refractivity contribution >= 4 is 57.8 Å². The van der Waals surface area contributed by atoms with Crippen LogP contribution in [0.1, 0.15) is 54.9 Å². The minimum absolute atomic E-state index is 0.165. The Bertz CT molecular complexity index is 1210. The van der Waals surface area contributed by atoms with Gasteiger partial charge in [0.05, 0.1) is 56.1 Å². The van der Waals surface area contributed by atoms with Crippen LogP contribution in [0, 0.1) is 33.1 Å². The number of nitriles is 2. The third-order valence-corrected chi connectivity index (χ3v) is 7.65. The summed E-state index contributed by atoms with van der Waals surface area (Å²) in [6, 6.07) is 18.6. The summed E-state index contributed by atoms with van der Waals surface area (Å²) in [5, 5.41) is 55.8. The monoisotopic (exact) mass is 564 g/mol. The number of nitrogens with zero attached hydrogens (tertiary/aromatic N) is 4. The third kappa shape index (κ3) is 5.96. The van der Waals surface area contributed by atoms with Crippen molar-refractivity contribution in [1.82, 2.24) is 0 Å². The molecule has 0 fully saturated rings. The Labute approximate surface area is 226 Å². The molecule has 4 unspecified atom stereocenters. The minimum Gasteiger partial charge on any atom is -0.733 e. The van der Waals surface area contributed by atoms with Gasteiger partial charge in [0.1, 0.15) is 0 Å². The van der Waals surface area contributed by atoms with Crippen molar-refractivity contribution in [2.75, 3.05) is 10.5 Å². The average Bonchev–Trinajstić information content (AvgIpc) is 2.90. The van der Waals surface area contributed by atoms with Crippen LogP contribution in [0.25, 0.3) is 0 Å². The zero-order chi connectivity index (χ0) is 26.6. The molecule has 0 saturated heterocycles. The fourth-order valence-corrected chi connectivity index (χ4v) is 4.76. The van der Waals surface area contributed by atoms with Crippen LogP contribution in [0.4, 0.5) is 11.4 Å². The topological polar surface area (TPSA) is 141 Å². The molecule has 0 aromatic heterocycles. The lowest BCUT2D eigenvalue weighted by molar-refractivity contribution is 0.295. The highest BCUT2D eigenvalue weighted by Crippen LogP contribution is 2.45. The summed E-state index contributed by atoms with van der Waals surface area (Å²) in [5.41, 5.74) is 1.54. The number of alkyl halides is 4. The quantitative estimate of drug-likeness (QED) is 0.213. The number of hydrogen-bond acceptors (Lipinski definition) is 8. The van der Waals surface area contributed by atoms with Crippen molar-refractivity contribution in [3.05, 3.63) is 104 Å². The molecule has 0 heterocycles. The van der Waals surface area contributed by atoms with Gasteiger partial charge in [0.25, 0.3) is 0 Å². The van der Waals surface area contributed by atoms with Crippen LogP contribution in [-0.4, -0.2) is 10.4 Å². The van der Waals surface area contributed by atoms with Gasteiger partial charge in [0, 0.05) is 0 Å². The third-order valence-electron chi connectivity index (χ3n) is 5.41. The minimum atomic E-state index is -0.940. The van der Waals surface area contributed by atoms with Crippen molar-refractivity contribution in [3.8, 4) is 12.1 Å². The molecule has 0 radical (unpaired) electrons. The zero-order valence-electron chi connectivity index (χ0n) is 18.1. The zero-order valence-corrected chi connectivity index (χ0v) is 21.1. The molecule has 4 atom stereocenters. The van der Waals surface area contributed by atoms with E-state index < -0.39 is 21.5 Å². The summed E-state index contributed by atoms with van der Waals surface area (Å²) in [6.07, 6.45) is 0. The Morgan fingerprint density at radius 1 is 0.611 bits per heavy atom. The highest BCUT2D eigenvalue weighted by atomic mass is 35.5. The largest absolute Gasteiger partial charge is 0.733 e. The molecule has 3 aromatic carbocycles. The maximum absolute atomic E-state index is 11.6. The Kier molecular flexibility index (Phi) is 9.26. The summed E-state index contributed by atoms with van der Waals surface area (Å²) in [6.45, 7) is 0. The van der Waals surface area contributed by atoms with Gasteiger partial charge in [-0.15, -0.1) is 46.4 Å². The van der Waals surface area contributed by atoms with Gasteiger partial charge in [-0.1, -0.05) is 36.4 Å². The van der Waals surface area contributed by atoms with Gasteiger partial charge in [-0.05, 0) is 46.5 Å². The normalized spacial score (nSPS) is 14.2. The van der Waals surface area contributed by atoms with Gasteiger partial charge < -0.3 is 20.9 Å². The lowest BCUT2D eigenvalue weighted by Crippen LogP contribution is -2.13. The van der Waals surface area contributed by atoms with Gasteiger partial charge in [0.15, 0.2) is 0 Å². The summed E-state index contributed by atoms with van der Waals surface area (Å²) in [5.74, 6) is 0. The van der Waals surface area contributed by atoms with Crippen LogP contribution in [0.3, 0.4) is 0 Å². The molecule has 8 nitrogen and oxygen atoms in total. The second-order valence-corrected chi connectivity index (χ2v) is 9.47. The van der Waals surface area contributed by atoms with Gasteiger partial charge in [-0.25, -0.2) is 0 Å². The maximum atomic E-state index is 11.6. The molecule has 0 spiro atoms. The molecule has 36 heavy (non-hydrogen) atoms. The second-order valence-electron chi connectivity index (χ2n) is 7.59. The van der Waals surface area contributed by atoms with Crippen molar-refractivity contribution < 1.29 is 10.4 Å².